The average molecular weight is 422 g/mol. The highest BCUT2D eigenvalue weighted by Gasteiger charge is 2.45. The van der Waals surface area contributed by atoms with Crippen LogP contribution in [-0.2, 0) is 9.84 Å². The number of sulfone groups is 1. The van der Waals surface area contributed by atoms with Gasteiger partial charge >= 0.3 is 12.2 Å². The minimum absolute atomic E-state index is 0.153. The molecule has 28 heavy (non-hydrogen) atoms. The molecule has 1 fully saturated rings. The summed E-state index contributed by atoms with van der Waals surface area (Å²) in [4.78, 5) is 13.9. The number of urea groups is 1. The molecule has 1 heterocycles. The van der Waals surface area contributed by atoms with Crippen LogP contribution in [0.2, 0.25) is 0 Å². The summed E-state index contributed by atoms with van der Waals surface area (Å²) >= 11 is 0. The second kappa shape index (κ2) is 8.50. The van der Waals surface area contributed by atoms with E-state index in [1.54, 1.807) is 6.92 Å². The highest BCUT2D eigenvalue weighted by molar-refractivity contribution is 7.93. The molecule has 0 spiro atoms. The van der Waals surface area contributed by atoms with Crippen LogP contribution in [0, 0.1) is 11.7 Å². The first-order chi connectivity index (χ1) is 12.9. The number of carbonyl (C=O) groups is 1. The number of piperidine rings is 1. The van der Waals surface area contributed by atoms with Gasteiger partial charge in [0.15, 0.2) is 9.84 Å². The Morgan fingerprint density at radius 2 is 2.04 bits per heavy atom. The molecule has 2 amide bonds. The molecule has 0 aromatic heterocycles. The normalized spacial score (nSPS) is 22.3. The van der Waals surface area contributed by atoms with E-state index in [0.717, 1.165) is 17.7 Å². The van der Waals surface area contributed by atoms with Crippen LogP contribution in [-0.4, -0.2) is 44.4 Å². The third kappa shape index (κ3) is 6.22. The minimum Gasteiger partial charge on any atom is -0.332 e. The van der Waals surface area contributed by atoms with Crippen LogP contribution in [0.4, 0.5) is 22.4 Å². The molecule has 0 saturated carbocycles. The number of hydrogen-bond donors (Lipinski definition) is 1. The maximum Gasteiger partial charge on any atom is 0.391 e. The molecule has 2 rings (SSSR count). The summed E-state index contributed by atoms with van der Waals surface area (Å²) in [5.74, 6) is -2.19. The zero-order valence-electron chi connectivity index (χ0n) is 15.4. The average Bonchev–Trinajstić information content (AvgIpc) is 2.58. The molecular formula is C18H22F4N2O3S. The lowest BCUT2D eigenvalue weighted by Gasteiger charge is -2.40. The number of nitrogens with zero attached hydrogens (tertiary/aromatic N) is 1. The molecule has 1 unspecified atom stereocenters. The van der Waals surface area contributed by atoms with Crippen LogP contribution in [0.25, 0.3) is 0 Å². The van der Waals surface area contributed by atoms with Crippen molar-refractivity contribution in [3.05, 3.63) is 47.1 Å². The molecule has 3 atom stereocenters. The van der Waals surface area contributed by atoms with E-state index < -0.39 is 45.9 Å². The van der Waals surface area contributed by atoms with Crippen LogP contribution >= 0.6 is 0 Å². The fourth-order valence-corrected chi connectivity index (χ4v) is 3.64. The zero-order valence-corrected chi connectivity index (χ0v) is 16.2. The van der Waals surface area contributed by atoms with Crippen LogP contribution in [0.15, 0.2) is 35.7 Å². The Morgan fingerprint density at radius 1 is 1.36 bits per heavy atom. The fourth-order valence-electron chi connectivity index (χ4n) is 3.12. The van der Waals surface area contributed by atoms with Gasteiger partial charge in [0.05, 0.1) is 12.0 Å². The van der Waals surface area contributed by atoms with Gasteiger partial charge in [0.25, 0.3) is 0 Å². The van der Waals surface area contributed by atoms with Gasteiger partial charge in [0, 0.05) is 24.3 Å². The molecule has 10 heteroatoms. The van der Waals surface area contributed by atoms with Crippen molar-refractivity contribution in [3.8, 4) is 0 Å². The van der Waals surface area contributed by atoms with Crippen molar-refractivity contribution in [1.82, 2.24) is 10.2 Å². The third-order valence-electron chi connectivity index (χ3n) is 4.53. The molecule has 0 aliphatic carbocycles. The van der Waals surface area contributed by atoms with Gasteiger partial charge < -0.3 is 10.2 Å². The highest BCUT2D eigenvalue weighted by Crippen LogP contribution is 2.42. The van der Waals surface area contributed by atoms with E-state index >= 15 is 0 Å². The number of amides is 2. The van der Waals surface area contributed by atoms with Crippen molar-refractivity contribution >= 4 is 15.9 Å². The Bertz CT molecular complexity index is 839. The molecule has 156 valence electrons. The van der Waals surface area contributed by atoms with E-state index in [9.17, 15) is 30.8 Å². The van der Waals surface area contributed by atoms with E-state index in [4.69, 9.17) is 0 Å². The molecule has 1 aliphatic heterocycles. The molecule has 0 bridgehead atoms. The summed E-state index contributed by atoms with van der Waals surface area (Å²) in [5, 5.41) is 3.49. The standard InChI is InChI=1S/C18H22F4N2O3S/c1-12(7-9-28(2,26)27)23-17(25)24-8-6-14(18(20,21)22)11-16(24)13-4-3-5-15(19)10-13/h3-5,7,9-10,12,14,16H,6,8,11H2,1-2H3,(H,23,25)/b9-7+/t12?,14-,16+/m0/s1. The smallest absolute Gasteiger partial charge is 0.332 e. The van der Waals surface area contributed by atoms with Gasteiger partial charge in [-0.25, -0.2) is 17.6 Å². The zero-order chi connectivity index (χ0) is 21.1. The quantitative estimate of drug-likeness (QED) is 0.751. The van der Waals surface area contributed by atoms with Crippen molar-refractivity contribution in [2.45, 2.75) is 38.0 Å². The summed E-state index contributed by atoms with van der Waals surface area (Å²) < 4.78 is 75.5. The number of likely N-dealkylation sites (tertiary alicyclic amines) is 1. The summed E-state index contributed by atoms with van der Waals surface area (Å²) in [7, 11) is -3.37. The third-order valence-corrected chi connectivity index (χ3v) is 5.18. The topological polar surface area (TPSA) is 66.5 Å². The number of alkyl halides is 3. The molecule has 1 aliphatic rings. The molecular weight excluding hydrogens is 400 g/mol. The highest BCUT2D eigenvalue weighted by atomic mass is 32.2. The van der Waals surface area contributed by atoms with Crippen molar-refractivity contribution in [1.29, 1.82) is 0 Å². The minimum atomic E-state index is -4.40. The van der Waals surface area contributed by atoms with Crippen molar-refractivity contribution in [3.63, 3.8) is 0 Å². The number of rotatable bonds is 4. The monoisotopic (exact) mass is 422 g/mol. The predicted octanol–water partition coefficient (Wildman–Crippen LogP) is 3.80. The first-order valence-electron chi connectivity index (χ1n) is 8.64. The summed E-state index contributed by atoms with van der Waals surface area (Å²) in [6.07, 6.45) is -2.75. The second-order valence-electron chi connectivity index (χ2n) is 6.92. The Labute approximate surface area is 161 Å². The van der Waals surface area contributed by atoms with Gasteiger partial charge in [0.1, 0.15) is 5.82 Å². The molecule has 1 aromatic rings. The number of carbonyl (C=O) groups excluding carboxylic acids is 1. The number of hydrogen-bond acceptors (Lipinski definition) is 3. The van der Waals surface area contributed by atoms with E-state index in [0.29, 0.717) is 0 Å². The number of halogens is 4. The summed E-state index contributed by atoms with van der Waals surface area (Å²) in [6, 6.07) is 2.93. The van der Waals surface area contributed by atoms with Crippen LogP contribution in [0.1, 0.15) is 31.4 Å². The lowest BCUT2D eigenvalue weighted by Crippen LogP contribution is -2.49. The summed E-state index contributed by atoms with van der Waals surface area (Å²) in [5.41, 5.74) is 0.281. The Balaban J connectivity index is 2.22. The molecule has 0 radical (unpaired) electrons. The van der Waals surface area contributed by atoms with E-state index in [1.807, 2.05) is 0 Å². The van der Waals surface area contributed by atoms with Crippen LogP contribution < -0.4 is 5.32 Å². The first kappa shape index (κ1) is 22.2. The van der Waals surface area contributed by atoms with E-state index in [1.165, 1.54) is 29.2 Å². The maximum atomic E-state index is 13.6. The molecule has 5 nitrogen and oxygen atoms in total. The first-order valence-corrected chi connectivity index (χ1v) is 10.6. The summed E-state index contributed by atoms with van der Waals surface area (Å²) in [6.45, 7) is 1.39. The largest absolute Gasteiger partial charge is 0.391 e. The fraction of sp³-hybridized carbons (Fsp3) is 0.500. The Kier molecular flexibility index (Phi) is 6.74. The van der Waals surface area contributed by atoms with E-state index in [2.05, 4.69) is 5.32 Å². The predicted molar refractivity (Wildman–Crippen MR) is 96.6 cm³/mol. The number of benzene rings is 1. The lowest BCUT2D eigenvalue weighted by atomic mass is 9.87. The van der Waals surface area contributed by atoms with Gasteiger partial charge in [-0.3, -0.25) is 0 Å². The second-order valence-corrected chi connectivity index (χ2v) is 8.85. The maximum absolute atomic E-state index is 13.6. The molecule has 1 aromatic carbocycles. The van der Waals surface area contributed by atoms with E-state index in [-0.39, 0.29) is 24.9 Å². The van der Waals surface area contributed by atoms with Gasteiger partial charge in [0.2, 0.25) is 0 Å². The van der Waals surface area contributed by atoms with Crippen LogP contribution in [0.3, 0.4) is 0 Å². The van der Waals surface area contributed by atoms with Gasteiger partial charge in [-0.05, 0) is 37.5 Å². The Hall–Kier alpha value is -2.10. The SMILES string of the molecule is CC(/C=C/S(C)(=O)=O)NC(=O)N1CC[C@H](C(F)(F)F)C[C@@H]1c1cccc(F)c1. The van der Waals surface area contributed by atoms with Gasteiger partial charge in [-0.15, -0.1) is 0 Å². The molecule has 1 N–H and O–H groups in total. The molecule has 1 saturated heterocycles. The van der Waals surface area contributed by atoms with Crippen molar-refractivity contribution < 1.29 is 30.8 Å². The van der Waals surface area contributed by atoms with Gasteiger partial charge in [-0.1, -0.05) is 18.2 Å². The number of nitrogens with one attached hydrogen (secondary N) is 1. The van der Waals surface area contributed by atoms with Gasteiger partial charge in [-0.2, -0.15) is 13.2 Å². The van der Waals surface area contributed by atoms with Crippen molar-refractivity contribution in [2.75, 3.05) is 12.8 Å². The lowest BCUT2D eigenvalue weighted by molar-refractivity contribution is -0.188. The Morgan fingerprint density at radius 3 is 2.61 bits per heavy atom. The van der Waals surface area contributed by atoms with Crippen LogP contribution in [0.5, 0.6) is 0 Å². The van der Waals surface area contributed by atoms with Crippen molar-refractivity contribution in [2.24, 2.45) is 5.92 Å².